The van der Waals surface area contributed by atoms with Gasteiger partial charge in [0.2, 0.25) is 0 Å². The van der Waals surface area contributed by atoms with Crippen LogP contribution in [0.2, 0.25) is 0 Å². The van der Waals surface area contributed by atoms with Crippen LogP contribution in [0.4, 0.5) is 0 Å². The van der Waals surface area contributed by atoms with Gasteiger partial charge in [0.1, 0.15) is 0 Å². The molecule has 0 aliphatic carbocycles. The maximum absolute atomic E-state index is 5.15. The van der Waals surface area contributed by atoms with Crippen LogP contribution in [0.5, 0.6) is 0 Å². The largest absolute Gasteiger partial charge is 0.296 e. The third-order valence-corrected chi connectivity index (χ3v) is 7.40. The van der Waals surface area contributed by atoms with Gasteiger partial charge in [0.15, 0.2) is 0 Å². The molecule has 7 aromatic rings. The van der Waals surface area contributed by atoms with Gasteiger partial charge in [-0.05, 0) is 50.9 Å². The number of fused-ring (bicyclic) bond motifs is 4. The molecule has 0 spiro atoms. The number of hydrogen-bond acceptors (Lipinski definition) is 1. The summed E-state index contributed by atoms with van der Waals surface area (Å²) < 4.78 is 2.41. The second kappa shape index (κ2) is 8.14. The van der Waals surface area contributed by atoms with E-state index >= 15 is 0 Å². The first kappa shape index (κ1) is 22.0. The van der Waals surface area contributed by atoms with E-state index < -0.39 is 0 Å². The maximum atomic E-state index is 5.15. The third-order valence-electron chi connectivity index (χ3n) is 7.40. The van der Waals surface area contributed by atoms with E-state index in [1.807, 2.05) is 0 Å². The van der Waals surface area contributed by atoms with E-state index in [1.165, 1.54) is 49.1 Å². The molecule has 0 aliphatic rings. The highest BCUT2D eigenvalue weighted by Gasteiger charge is 2.26. The van der Waals surface area contributed by atoms with Crippen molar-refractivity contribution < 1.29 is 0 Å². The standard InChI is InChI=1S/C32H25B3N2/c33-32(34,35)31-36-27-15-7-8-16-28(27)37(31)30-25-13-5-3-11-23(25)29(24-12-4-6-14-26(24)30)22-18-17-20-9-1-2-10-21(20)19-22/h1-19H,33-35H2. The summed E-state index contributed by atoms with van der Waals surface area (Å²) in [4.78, 5) is 5.15. The minimum atomic E-state index is -0.127. The molecule has 0 bridgehead atoms. The first-order valence-electron chi connectivity index (χ1n) is 12.9. The Labute approximate surface area is 219 Å². The van der Waals surface area contributed by atoms with E-state index in [1.54, 1.807) is 0 Å². The molecule has 0 unspecified atom stereocenters. The molecule has 0 N–H and O–H groups in total. The van der Waals surface area contributed by atoms with Crippen molar-refractivity contribution in [2.45, 2.75) is 5.11 Å². The van der Waals surface area contributed by atoms with Gasteiger partial charge in [0, 0.05) is 10.8 Å². The van der Waals surface area contributed by atoms with Gasteiger partial charge in [-0.2, -0.15) is 0 Å². The Morgan fingerprint density at radius 3 is 1.81 bits per heavy atom. The number of hydrogen-bond donors (Lipinski definition) is 0. The van der Waals surface area contributed by atoms with Crippen molar-refractivity contribution in [2.24, 2.45) is 0 Å². The molecule has 0 aliphatic heterocycles. The zero-order valence-corrected chi connectivity index (χ0v) is 21.4. The van der Waals surface area contributed by atoms with Gasteiger partial charge < -0.3 is 0 Å². The molecular formula is C32H25B3N2. The lowest BCUT2D eigenvalue weighted by atomic mass is 9.42. The van der Waals surface area contributed by atoms with E-state index in [0.29, 0.717) is 0 Å². The highest BCUT2D eigenvalue weighted by molar-refractivity contribution is 6.58. The Morgan fingerprint density at radius 2 is 1.14 bits per heavy atom. The normalized spacial score (nSPS) is 12.1. The Kier molecular flexibility index (Phi) is 4.84. The lowest BCUT2D eigenvalue weighted by Gasteiger charge is -2.24. The second-order valence-corrected chi connectivity index (χ2v) is 10.9. The van der Waals surface area contributed by atoms with Crippen LogP contribution in [0.3, 0.4) is 0 Å². The smallest absolute Gasteiger partial charge is 0.0994 e. The van der Waals surface area contributed by atoms with E-state index in [2.05, 4.69) is 143 Å². The van der Waals surface area contributed by atoms with Crippen LogP contribution in [0, 0.1) is 0 Å². The summed E-state index contributed by atoms with van der Waals surface area (Å²) >= 11 is 0. The molecule has 6 aromatic carbocycles. The summed E-state index contributed by atoms with van der Waals surface area (Å²) in [6.45, 7) is 0. The molecule has 0 atom stereocenters. The zero-order valence-electron chi connectivity index (χ0n) is 21.4. The molecule has 2 nitrogen and oxygen atoms in total. The minimum Gasteiger partial charge on any atom is -0.296 e. The summed E-state index contributed by atoms with van der Waals surface area (Å²) in [6.07, 6.45) is 0. The van der Waals surface area contributed by atoms with E-state index in [4.69, 9.17) is 4.98 Å². The van der Waals surface area contributed by atoms with Crippen LogP contribution in [0.15, 0.2) is 115 Å². The fraction of sp³-hybridized carbons (Fsp3) is 0.0312. The molecule has 7 rings (SSSR count). The van der Waals surface area contributed by atoms with Gasteiger partial charge in [-0.3, -0.25) is 4.57 Å². The van der Waals surface area contributed by atoms with Gasteiger partial charge >= 0.3 is 0 Å². The van der Waals surface area contributed by atoms with Gasteiger partial charge in [0.05, 0.1) is 46.1 Å². The van der Waals surface area contributed by atoms with Crippen molar-refractivity contribution in [3.05, 3.63) is 121 Å². The topological polar surface area (TPSA) is 17.8 Å². The summed E-state index contributed by atoms with van der Waals surface area (Å²) in [5, 5.41) is 7.37. The van der Waals surface area contributed by atoms with Crippen molar-refractivity contribution in [3.8, 4) is 16.8 Å². The van der Waals surface area contributed by atoms with Crippen LogP contribution in [0.1, 0.15) is 5.82 Å². The molecule has 0 amide bonds. The Balaban J connectivity index is 1.67. The van der Waals surface area contributed by atoms with Crippen molar-refractivity contribution in [1.82, 2.24) is 9.55 Å². The molecule has 172 valence electrons. The van der Waals surface area contributed by atoms with Crippen LogP contribution >= 0.6 is 0 Å². The number of para-hydroxylation sites is 2. The fourth-order valence-corrected chi connectivity index (χ4v) is 5.76. The molecule has 37 heavy (non-hydrogen) atoms. The molecule has 1 aromatic heterocycles. The first-order chi connectivity index (χ1) is 18.0. The Hall–Kier alpha value is -4.24. The Morgan fingerprint density at radius 1 is 0.568 bits per heavy atom. The molecule has 1 heterocycles. The summed E-state index contributed by atoms with van der Waals surface area (Å²) in [5.74, 6) is 1.07. The van der Waals surface area contributed by atoms with E-state index in [0.717, 1.165) is 16.9 Å². The van der Waals surface area contributed by atoms with Gasteiger partial charge in [-0.15, -0.1) is 0 Å². The van der Waals surface area contributed by atoms with Gasteiger partial charge in [0.25, 0.3) is 0 Å². The highest BCUT2D eigenvalue weighted by Crippen LogP contribution is 2.43. The van der Waals surface area contributed by atoms with Gasteiger partial charge in [-0.25, -0.2) is 4.98 Å². The quantitative estimate of drug-likeness (QED) is 0.258. The van der Waals surface area contributed by atoms with Crippen molar-refractivity contribution in [3.63, 3.8) is 0 Å². The predicted molar refractivity (Wildman–Crippen MR) is 166 cm³/mol. The van der Waals surface area contributed by atoms with Crippen LogP contribution in [-0.4, -0.2) is 33.1 Å². The van der Waals surface area contributed by atoms with E-state index in [9.17, 15) is 0 Å². The van der Waals surface area contributed by atoms with Crippen molar-refractivity contribution in [2.75, 3.05) is 0 Å². The third kappa shape index (κ3) is 3.42. The molecule has 0 saturated heterocycles. The molecule has 0 radical (unpaired) electrons. The second-order valence-electron chi connectivity index (χ2n) is 10.9. The monoisotopic (exact) mass is 470 g/mol. The van der Waals surface area contributed by atoms with E-state index in [-0.39, 0.29) is 5.11 Å². The SMILES string of the molecule is BC(B)(B)c1nc2ccccc2n1-c1c2ccccc2c(-c2ccc3ccccc3c2)c2ccccc12. The number of benzene rings is 6. The molecule has 0 saturated carbocycles. The summed E-state index contributed by atoms with van der Waals surface area (Å²) in [6, 6.07) is 41.6. The average Bonchev–Trinajstić information content (AvgIpc) is 3.31. The highest BCUT2D eigenvalue weighted by atomic mass is 15.1. The number of imidazole rings is 1. The zero-order chi connectivity index (χ0) is 25.1. The predicted octanol–water partition coefficient (Wildman–Crippen LogP) is 5.16. The Bertz CT molecular complexity index is 1930. The number of aromatic nitrogens is 2. The van der Waals surface area contributed by atoms with Crippen LogP contribution in [-0.2, 0) is 5.11 Å². The maximum Gasteiger partial charge on any atom is 0.0994 e. The molecule has 5 heteroatoms. The van der Waals surface area contributed by atoms with Crippen molar-refractivity contribution in [1.29, 1.82) is 0 Å². The molecule has 0 fully saturated rings. The lowest BCUT2D eigenvalue weighted by Crippen LogP contribution is -2.31. The lowest BCUT2D eigenvalue weighted by molar-refractivity contribution is 0.939. The van der Waals surface area contributed by atoms with Crippen LogP contribution in [0.25, 0.3) is 60.2 Å². The van der Waals surface area contributed by atoms with Crippen LogP contribution < -0.4 is 0 Å². The molecular weight excluding hydrogens is 445 g/mol. The average molecular weight is 470 g/mol. The summed E-state index contributed by atoms with van der Waals surface area (Å²) in [5.41, 5.74) is 5.89. The number of nitrogens with zero attached hydrogens (tertiary/aromatic N) is 2. The minimum absolute atomic E-state index is 0.127. The van der Waals surface area contributed by atoms with Gasteiger partial charge in [-0.1, -0.05) is 102 Å². The van der Waals surface area contributed by atoms with Crippen molar-refractivity contribution >= 4 is 66.9 Å². The number of rotatable bonds is 3. The first-order valence-corrected chi connectivity index (χ1v) is 12.9. The fourth-order valence-electron chi connectivity index (χ4n) is 5.76. The summed E-state index contributed by atoms with van der Waals surface area (Å²) in [7, 11) is 6.75.